The molecule has 0 saturated heterocycles. The van der Waals surface area contributed by atoms with Crippen LogP contribution in [0.5, 0.6) is 17.2 Å². The number of benzene rings is 2. The molecule has 2 aromatic heterocycles. The number of nitrogens with one attached hydrogen (secondary N) is 3. The quantitative estimate of drug-likeness (QED) is 0.115. The van der Waals surface area contributed by atoms with Crippen LogP contribution in [0.2, 0.25) is 0 Å². The summed E-state index contributed by atoms with van der Waals surface area (Å²) in [7, 11) is 1.43. The Bertz CT molecular complexity index is 2000. The molecule has 0 amide bonds. The van der Waals surface area contributed by atoms with Crippen LogP contribution in [0.15, 0.2) is 42.5 Å². The maximum atomic E-state index is 13.4. The van der Waals surface area contributed by atoms with E-state index in [0.717, 1.165) is 69.9 Å². The predicted molar refractivity (Wildman–Crippen MR) is 203 cm³/mol. The first kappa shape index (κ1) is 39.2. The maximum Gasteiger partial charge on any atom is 0.342 e. The first-order chi connectivity index (χ1) is 25.9. The van der Waals surface area contributed by atoms with E-state index < -0.39 is 40.5 Å². The van der Waals surface area contributed by atoms with Crippen molar-refractivity contribution < 1.29 is 40.6 Å². The molecule has 17 heteroatoms. The number of hydrogen-bond donors (Lipinski definition) is 3. The summed E-state index contributed by atoms with van der Waals surface area (Å²) in [5.41, 5.74) is 1.90. The smallest absolute Gasteiger partial charge is 0.342 e. The molecule has 6 rings (SSSR count). The second-order valence-corrected chi connectivity index (χ2v) is 16.4. The molecule has 2 saturated carbocycles. The molecule has 2 fully saturated rings. The summed E-state index contributed by atoms with van der Waals surface area (Å²) < 4.78 is 62.3. The van der Waals surface area contributed by atoms with Crippen molar-refractivity contribution in [3.8, 4) is 17.2 Å². The number of rotatable bonds is 14. The van der Waals surface area contributed by atoms with Crippen molar-refractivity contribution in [2.24, 2.45) is 0 Å². The lowest BCUT2D eigenvalue weighted by Gasteiger charge is -2.23. The zero-order valence-electron chi connectivity index (χ0n) is 31.2. The number of aromatic amines is 1. The Labute approximate surface area is 319 Å². The number of esters is 2. The van der Waals surface area contributed by atoms with Crippen molar-refractivity contribution in [1.82, 2.24) is 24.5 Å². The van der Waals surface area contributed by atoms with E-state index in [1.54, 1.807) is 23.6 Å². The Hall–Kier alpha value is -4.48. The molecule has 0 aliphatic heterocycles. The lowest BCUT2D eigenvalue weighted by molar-refractivity contribution is 0.0195. The van der Waals surface area contributed by atoms with Crippen LogP contribution in [0, 0.1) is 0 Å². The van der Waals surface area contributed by atoms with Crippen molar-refractivity contribution >= 4 is 45.8 Å². The topological polar surface area (TPSA) is 184 Å². The van der Waals surface area contributed by atoms with Gasteiger partial charge in [0.1, 0.15) is 17.8 Å². The Morgan fingerprint density at radius 1 is 0.815 bits per heavy atom. The molecule has 54 heavy (non-hydrogen) atoms. The fourth-order valence-corrected chi connectivity index (χ4v) is 7.85. The lowest BCUT2D eigenvalue weighted by atomic mass is 9.93. The maximum absolute atomic E-state index is 13.4. The highest BCUT2D eigenvalue weighted by Crippen LogP contribution is 2.33. The largest absolute Gasteiger partial charge is 0.493 e. The van der Waals surface area contributed by atoms with Crippen LogP contribution in [0.3, 0.4) is 0 Å². The van der Waals surface area contributed by atoms with Crippen molar-refractivity contribution in [3.05, 3.63) is 65.1 Å². The molecule has 2 aliphatic carbocycles. The van der Waals surface area contributed by atoms with Gasteiger partial charge in [-0.05, 0) is 88.6 Å². The van der Waals surface area contributed by atoms with Crippen molar-refractivity contribution in [2.75, 3.05) is 11.8 Å². The van der Waals surface area contributed by atoms with E-state index in [1.165, 1.54) is 31.4 Å². The summed E-state index contributed by atoms with van der Waals surface area (Å²) in [6.45, 7) is 8.01. The third kappa shape index (κ3) is 9.78. The monoisotopic (exact) mass is 784 g/mol. The molecule has 2 aliphatic rings. The number of ether oxygens (including phenoxy) is 3. The summed E-state index contributed by atoms with van der Waals surface area (Å²) in [4.78, 5) is 26.4. The number of aromatic nitrogens is 4. The molecule has 0 bridgehead atoms. The number of methoxy groups -OCH3 is 1. The Balaban J connectivity index is 1.15. The van der Waals surface area contributed by atoms with E-state index in [1.807, 2.05) is 6.07 Å². The lowest BCUT2D eigenvalue weighted by Crippen LogP contribution is -2.27. The van der Waals surface area contributed by atoms with Gasteiger partial charge in [-0.25, -0.2) is 14.1 Å². The van der Waals surface area contributed by atoms with Gasteiger partial charge in [-0.3, -0.25) is 9.82 Å². The number of nitrogens with zero attached hydrogens (tertiary/aromatic N) is 3. The van der Waals surface area contributed by atoms with Gasteiger partial charge in [-0.15, -0.1) is 10.2 Å². The fourth-order valence-electron chi connectivity index (χ4n) is 6.46. The van der Waals surface area contributed by atoms with Gasteiger partial charge in [0.2, 0.25) is 0 Å². The number of H-pyrrole nitrogens is 1. The van der Waals surface area contributed by atoms with E-state index in [0.29, 0.717) is 11.5 Å². The summed E-state index contributed by atoms with van der Waals surface area (Å²) in [6, 6.07) is 10.2. The Morgan fingerprint density at radius 2 is 1.46 bits per heavy atom. The molecule has 3 N–H and O–H groups in total. The fraction of sp³-hybridized carbons (Fsp3) is 0.514. The zero-order chi connectivity index (χ0) is 38.4. The van der Waals surface area contributed by atoms with Crippen LogP contribution in [0.4, 0.5) is 5.69 Å². The van der Waals surface area contributed by atoms with Crippen LogP contribution in [-0.4, -0.2) is 59.5 Å². The molecular weight excluding hydrogens is 737 g/mol. The van der Waals surface area contributed by atoms with Gasteiger partial charge in [-0.1, -0.05) is 33.6 Å². The highest BCUT2D eigenvalue weighted by molar-refractivity contribution is 7.82. The van der Waals surface area contributed by atoms with Crippen LogP contribution in [-0.2, 0) is 37.4 Å². The van der Waals surface area contributed by atoms with E-state index in [2.05, 4.69) is 45.5 Å². The molecule has 4 aromatic rings. The van der Waals surface area contributed by atoms with E-state index in [9.17, 15) is 18.0 Å². The van der Waals surface area contributed by atoms with Gasteiger partial charge in [0.15, 0.2) is 28.7 Å². The highest BCUT2D eigenvalue weighted by Gasteiger charge is 2.26. The summed E-state index contributed by atoms with van der Waals surface area (Å²) in [5.74, 6) is -0.465. The third-order valence-electron chi connectivity index (χ3n) is 9.47. The highest BCUT2D eigenvalue weighted by atomic mass is 32.2. The summed E-state index contributed by atoms with van der Waals surface area (Å²) in [5, 5.41) is 11.8. The van der Waals surface area contributed by atoms with Crippen molar-refractivity contribution in [3.63, 3.8) is 0 Å². The number of hydrogen-bond acceptors (Lipinski definition) is 11. The first-order valence-corrected chi connectivity index (χ1v) is 20.4. The summed E-state index contributed by atoms with van der Waals surface area (Å²) in [6.07, 6.45) is 8.82. The minimum atomic E-state index is -2.28. The normalized spacial score (nSPS) is 17.4. The molecule has 3 unspecified atom stereocenters. The molecule has 2 heterocycles. The number of carbonyl (C=O) groups excluding carboxylic acids is 2. The molecule has 3 atom stereocenters. The van der Waals surface area contributed by atoms with Crippen molar-refractivity contribution in [1.29, 1.82) is 0 Å². The molecule has 15 nitrogen and oxygen atoms in total. The molecular formula is C37H48N6O9S2. The second kappa shape index (κ2) is 17.3. The number of fused-ring (bicyclic) bond motifs is 1. The van der Waals surface area contributed by atoms with Gasteiger partial charge in [-0.2, -0.15) is 13.1 Å². The number of anilines is 1. The molecule has 0 radical (unpaired) electrons. The van der Waals surface area contributed by atoms with Gasteiger partial charge >= 0.3 is 23.2 Å². The van der Waals surface area contributed by atoms with Gasteiger partial charge in [0.25, 0.3) is 11.3 Å². The minimum absolute atomic E-state index is 0.0261. The summed E-state index contributed by atoms with van der Waals surface area (Å²) >= 11 is -4.36. The molecule has 292 valence electrons. The van der Waals surface area contributed by atoms with Crippen LogP contribution in [0.25, 0.3) is 5.65 Å². The van der Waals surface area contributed by atoms with Crippen LogP contribution < -0.4 is 22.5 Å². The zero-order valence-corrected chi connectivity index (χ0v) is 32.8. The number of carbonyl (C=O) groups is 2. The van der Waals surface area contributed by atoms with Gasteiger partial charge < -0.3 is 22.6 Å². The van der Waals surface area contributed by atoms with Crippen molar-refractivity contribution in [2.45, 2.75) is 116 Å². The SMILES string of the molecule is COc1ccc(NS(=O)Oc2cc(C(=O)OC3CCCCC3)ccc2C(=O)OC2CCCCC2)cc1OS(=O)NC(C)c1nnc2cc(C(C)(C)C)[nH]n12. The average molecular weight is 785 g/mol. The van der Waals surface area contributed by atoms with Gasteiger partial charge in [0.05, 0.1) is 24.4 Å². The second-order valence-electron chi connectivity index (χ2n) is 14.7. The van der Waals surface area contributed by atoms with E-state index in [4.69, 9.17) is 22.6 Å². The standard InChI is InChI=1S/C37H48N6O9S2/c1-23(34-39-38-33-22-32(37(2,3)4)40-43(33)34)41-53(46)52-31-21-25(17-19-29(31)48-5)42-54(47)51-30-20-24(35(44)49-26-12-8-6-9-13-26)16-18-28(30)36(45)50-27-14-10-7-11-15-27/h16-23,26-27,40-42H,6-15H2,1-5H3. The Morgan fingerprint density at radius 3 is 2.11 bits per heavy atom. The third-order valence-corrected chi connectivity index (χ3v) is 11.1. The molecule has 0 spiro atoms. The van der Waals surface area contributed by atoms with E-state index >= 15 is 0 Å². The van der Waals surface area contributed by atoms with Crippen LogP contribution in [0.1, 0.15) is 130 Å². The van der Waals surface area contributed by atoms with Crippen LogP contribution >= 0.6 is 0 Å². The first-order valence-electron chi connectivity index (χ1n) is 18.3. The van der Waals surface area contributed by atoms with E-state index in [-0.39, 0.29) is 51.7 Å². The predicted octanol–water partition coefficient (Wildman–Crippen LogP) is 6.72. The van der Waals surface area contributed by atoms with Gasteiger partial charge in [0, 0.05) is 23.2 Å². The Kier molecular flexibility index (Phi) is 12.6. The molecule has 2 aromatic carbocycles. The average Bonchev–Trinajstić information content (AvgIpc) is 3.75. The minimum Gasteiger partial charge on any atom is -0.493 e.